The number of alkyl halides is 3. The highest BCUT2D eigenvalue weighted by Crippen LogP contribution is 2.35. The van der Waals surface area contributed by atoms with Gasteiger partial charge in [-0.3, -0.25) is 4.98 Å². The van der Waals surface area contributed by atoms with Gasteiger partial charge in [-0.2, -0.15) is 13.2 Å². The molecule has 0 fully saturated rings. The second kappa shape index (κ2) is 7.56. The van der Waals surface area contributed by atoms with Gasteiger partial charge in [-0.1, -0.05) is 24.3 Å². The number of para-hydroxylation sites is 1. The maximum absolute atomic E-state index is 12.6. The van der Waals surface area contributed by atoms with Crippen molar-refractivity contribution in [1.29, 1.82) is 0 Å². The zero-order valence-corrected chi connectivity index (χ0v) is 15.0. The molecule has 0 bridgehead atoms. The Morgan fingerprint density at radius 3 is 2.62 bits per heavy atom. The predicted molar refractivity (Wildman–Crippen MR) is 101 cm³/mol. The SMILES string of the molecule is OC(c1ccccc1OCC(F)(F)F)c1c[nH]c2ncc(-c3cccnc3)cc12. The van der Waals surface area contributed by atoms with Gasteiger partial charge >= 0.3 is 6.18 Å². The number of nitrogens with zero attached hydrogens (tertiary/aromatic N) is 2. The van der Waals surface area contributed by atoms with Crippen LogP contribution in [0.4, 0.5) is 13.2 Å². The van der Waals surface area contributed by atoms with Gasteiger partial charge in [0.2, 0.25) is 0 Å². The summed E-state index contributed by atoms with van der Waals surface area (Å²) in [7, 11) is 0. The summed E-state index contributed by atoms with van der Waals surface area (Å²) in [6.07, 6.45) is 0.980. The summed E-state index contributed by atoms with van der Waals surface area (Å²) in [5.41, 5.74) is 2.95. The fraction of sp³-hybridized carbons (Fsp3) is 0.143. The molecule has 4 rings (SSSR count). The van der Waals surface area contributed by atoms with Gasteiger partial charge < -0.3 is 14.8 Å². The lowest BCUT2D eigenvalue weighted by Crippen LogP contribution is -2.20. The van der Waals surface area contributed by atoms with Gasteiger partial charge in [0.25, 0.3) is 0 Å². The molecule has 0 aliphatic rings. The van der Waals surface area contributed by atoms with Gasteiger partial charge in [-0.05, 0) is 18.2 Å². The molecule has 5 nitrogen and oxygen atoms in total. The van der Waals surface area contributed by atoms with E-state index in [1.807, 2.05) is 12.1 Å². The number of aliphatic hydroxyl groups is 1. The first-order valence-corrected chi connectivity index (χ1v) is 8.76. The van der Waals surface area contributed by atoms with Gasteiger partial charge in [0, 0.05) is 52.4 Å². The zero-order chi connectivity index (χ0) is 20.4. The normalized spacial score (nSPS) is 12.8. The molecular formula is C21H16F3N3O2. The van der Waals surface area contributed by atoms with Crippen LogP contribution in [0.2, 0.25) is 0 Å². The fourth-order valence-electron chi connectivity index (χ4n) is 3.11. The number of hydrogen-bond acceptors (Lipinski definition) is 4. The highest BCUT2D eigenvalue weighted by molar-refractivity contribution is 5.85. The first-order valence-electron chi connectivity index (χ1n) is 8.76. The summed E-state index contributed by atoms with van der Waals surface area (Å²) >= 11 is 0. The van der Waals surface area contributed by atoms with E-state index in [1.54, 1.807) is 43.0 Å². The van der Waals surface area contributed by atoms with Crippen LogP contribution in [0.3, 0.4) is 0 Å². The lowest BCUT2D eigenvalue weighted by Gasteiger charge is -2.17. The second-order valence-corrected chi connectivity index (χ2v) is 6.45. The van der Waals surface area contributed by atoms with Gasteiger partial charge in [0.1, 0.15) is 17.5 Å². The van der Waals surface area contributed by atoms with E-state index in [0.29, 0.717) is 16.6 Å². The molecule has 0 spiro atoms. The average Bonchev–Trinajstić information content (AvgIpc) is 3.15. The van der Waals surface area contributed by atoms with Crippen LogP contribution in [-0.4, -0.2) is 32.8 Å². The number of aliphatic hydroxyl groups excluding tert-OH is 1. The summed E-state index contributed by atoms with van der Waals surface area (Å²) in [6.45, 7) is -1.43. The minimum Gasteiger partial charge on any atom is -0.484 e. The Morgan fingerprint density at radius 1 is 1.03 bits per heavy atom. The fourth-order valence-corrected chi connectivity index (χ4v) is 3.11. The number of pyridine rings is 2. The molecule has 2 N–H and O–H groups in total. The molecule has 29 heavy (non-hydrogen) atoms. The molecule has 3 aromatic heterocycles. The van der Waals surface area contributed by atoms with Crippen LogP contribution in [-0.2, 0) is 0 Å². The summed E-state index contributed by atoms with van der Waals surface area (Å²) in [4.78, 5) is 11.4. The van der Waals surface area contributed by atoms with Crippen LogP contribution in [0.15, 0.2) is 67.3 Å². The Balaban J connectivity index is 1.72. The average molecular weight is 399 g/mol. The number of nitrogens with one attached hydrogen (secondary N) is 1. The summed E-state index contributed by atoms with van der Waals surface area (Å²) in [5.74, 6) is -0.0250. The van der Waals surface area contributed by atoms with Crippen molar-refractivity contribution in [2.24, 2.45) is 0 Å². The third-order valence-corrected chi connectivity index (χ3v) is 4.46. The summed E-state index contributed by atoms with van der Waals surface area (Å²) in [6, 6.07) is 11.7. The molecule has 3 heterocycles. The van der Waals surface area contributed by atoms with Gasteiger partial charge in [0.15, 0.2) is 6.61 Å². The monoisotopic (exact) mass is 399 g/mol. The van der Waals surface area contributed by atoms with Crippen molar-refractivity contribution < 1.29 is 23.0 Å². The Hall–Kier alpha value is -3.39. The number of aromatic nitrogens is 3. The molecule has 148 valence electrons. The van der Waals surface area contributed by atoms with E-state index >= 15 is 0 Å². The number of fused-ring (bicyclic) bond motifs is 1. The number of H-pyrrole nitrogens is 1. The highest BCUT2D eigenvalue weighted by Gasteiger charge is 2.29. The van der Waals surface area contributed by atoms with Crippen LogP contribution < -0.4 is 4.74 Å². The molecule has 0 amide bonds. The van der Waals surface area contributed by atoms with E-state index in [0.717, 1.165) is 11.1 Å². The molecule has 8 heteroatoms. The lowest BCUT2D eigenvalue weighted by atomic mass is 9.99. The molecule has 1 unspecified atom stereocenters. The maximum Gasteiger partial charge on any atom is 0.422 e. The van der Waals surface area contributed by atoms with Crippen molar-refractivity contribution in [2.75, 3.05) is 6.61 Å². The summed E-state index contributed by atoms with van der Waals surface area (Å²) in [5, 5.41) is 11.6. The predicted octanol–water partition coefficient (Wildman–Crippen LogP) is 4.65. The van der Waals surface area contributed by atoms with E-state index in [2.05, 4.69) is 15.0 Å². The number of aromatic amines is 1. The lowest BCUT2D eigenvalue weighted by molar-refractivity contribution is -0.153. The van der Waals surface area contributed by atoms with Crippen LogP contribution in [0, 0.1) is 0 Å². The Bertz CT molecular complexity index is 1130. The molecule has 0 aliphatic heterocycles. The molecule has 0 radical (unpaired) electrons. The molecule has 1 aromatic carbocycles. The van der Waals surface area contributed by atoms with E-state index in [9.17, 15) is 18.3 Å². The van der Waals surface area contributed by atoms with Crippen molar-refractivity contribution >= 4 is 11.0 Å². The minimum atomic E-state index is -4.47. The van der Waals surface area contributed by atoms with E-state index in [-0.39, 0.29) is 11.3 Å². The number of hydrogen-bond donors (Lipinski definition) is 2. The minimum absolute atomic E-state index is 0.0250. The quantitative estimate of drug-likeness (QED) is 0.513. The Labute approximate surface area is 163 Å². The van der Waals surface area contributed by atoms with Crippen LogP contribution in [0.5, 0.6) is 5.75 Å². The van der Waals surface area contributed by atoms with E-state index in [4.69, 9.17) is 4.74 Å². The van der Waals surface area contributed by atoms with Crippen LogP contribution in [0.25, 0.3) is 22.2 Å². The number of rotatable bonds is 5. The Morgan fingerprint density at radius 2 is 1.86 bits per heavy atom. The van der Waals surface area contributed by atoms with E-state index in [1.165, 1.54) is 12.1 Å². The topological polar surface area (TPSA) is 71.0 Å². The molecule has 0 saturated heterocycles. The maximum atomic E-state index is 12.6. The van der Waals surface area contributed by atoms with Crippen molar-refractivity contribution in [3.63, 3.8) is 0 Å². The molecule has 0 saturated carbocycles. The van der Waals surface area contributed by atoms with Crippen molar-refractivity contribution in [3.05, 3.63) is 78.4 Å². The van der Waals surface area contributed by atoms with Gasteiger partial charge in [-0.25, -0.2) is 4.98 Å². The largest absolute Gasteiger partial charge is 0.484 e. The molecule has 4 aromatic rings. The second-order valence-electron chi connectivity index (χ2n) is 6.45. The number of benzene rings is 1. The molecular weight excluding hydrogens is 383 g/mol. The first-order chi connectivity index (χ1) is 13.9. The van der Waals surface area contributed by atoms with Crippen molar-refractivity contribution in [3.8, 4) is 16.9 Å². The van der Waals surface area contributed by atoms with Crippen molar-refractivity contribution in [1.82, 2.24) is 15.0 Å². The number of ether oxygens (including phenoxy) is 1. The van der Waals surface area contributed by atoms with Gasteiger partial charge in [-0.15, -0.1) is 0 Å². The molecule has 1 atom stereocenters. The smallest absolute Gasteiger partial charge is 0.422 e. The van der Waals surface area contributed by atoms with Crippen molar-refractivity contribution in [2.45, 2.75) is 12.3 Å². The third-order valence-electron chi connectivity index (χ3n) is 4.46. The van der Waals surface area contributed by atoms with Crippen LogP contribution in [0.1, 0.15) is 17.2 Å². The first kappa shape index (κ1) is 18.9. The summed E-state index contributed by atoms with van der Waals surface area (Å²) < 4.78 is 42.6. The van der Waals surface area contributed by atoms with Gasteiger partial charge in [0.05, 0.1) is 0 Å². The standard InChI is InChI=1S/C21H16F3N3O2/c22-21(23,24)12-29-18-6-2-1-5-15(18)19(28)17-11-27-20-16(17)8-14(10-26-20)13-4-3-7-25-9-13/h1-11,19,28H,12H2,(H,26,27). The highest BCUT2D eigenvalue weighted by atomic mass is 19.4. The Kier molecular flexibility index (Phi) is 4.94. The number of halogens is 3. The molecule has 0 aliphatic carbocycles. The van der Waals surface area contributed by atoms with E-state index < -0.39 is 18.9 Å². The zero-order valence-electron chi connectivity index (χ0n) is 15.0. The third kappa shape index (κ3) is 4.07. The van der Waals surface area contributed by atoms with Crippen LogP contribution >= 0.6 is 0 Å².